The van der Waals surface area contributed by atoms with Crippen molar-refractivity contribution in [1.29, 1.82) is 0 Å². The Balaban J connectivity index is 2.11. The Morgan fingerprint density at radius 2 is 1.90 bits per heavy atom. The van der Waals surface area contributed by atoms with Crippen molar-refractivity contribution in [3.05, 3.63) is 69.3 Å². The van der Waals surface area contributed by atoms with Gasteiger partial charge in [-0.25, -0.2) is 0 Å². The molecule has 0 heterocycles. The van der Waals surface area contributed by atoms with Crippen LogP contribution in [0.15, 0.2) is 42.5 Å². The molecule has 0 saturated carbocycles. The standard InChI is InChI=1S/C15H15NO4/c1-11-3-2-4-13(9-17)15(11)20-10-12-5-7-14(8-6-12)16(18)19/h2-8,17H,9-10H2,1H3. The number of aliphatic hydroxyl groups excluding tert-OH is 1. The lowest BCUT2D eigenvalue weighted by atomic mass is 10.1. The number of benzene rings is 2. The van der Waals surface area contributed by atoms with Crippen LogP contribution < -0.4 is 4.74 Å². The van der Waals surface area contributed by atoms with Crippen LogP contribution in [0.1, 0.15) is 16.7 Å². The highest BCUT2D eigenvalue weighted by atomic mass is 16.6. The lowest BCUT2D eigenvalue weighted by Gasteiger charge is -2.12. The van der Waals surface area contributed by atoms with Crippen LogP contribution in [0, 0.1) is 17.0 Å². The molecule has 0 aliphatic rings. The number of aryl methyl sites for hydroxylation is 1. The zero-order valence-corrected chi connectivity index (χ0v) is 11.1. The summed E-state index contributed by atoms with van der Waals surface area (Å²) in [7, 11) is 0. The van der Waals surface area contributed by atoms with E-state index < -0.39 is 4.92 Å². The second-order valence-corrected chi connectivity index (χ2v) is 4.43. The molecule has 0 fully saturated rings. The number of para-hydroxylation sites is 1. The van der Waals surface area contributed by atoms with E-state index in [0.29, 0.717) is 12.4 Å². The maximum atomic E-state index is 10.6. The Bertz CT molecular complexity index is 608. The molecule has 2 aromatic rings. The van der Waals surface area contributed by atoms with Gasteiger partial charge in [0.05, 0.1) is 11.5 Å². The molecule has 0 atom stereocenters. The van der Waals surface area contributed by atoms with Crippen LogP contribution in [0.3, 0.4) is 0 Å². The third-order valence-electron chi connectivity index (χ3n) is 2.99. The Morgan fingerprint density at radius 1 is 1.20 bits per heavy atom. The fourth-order valence-electron chi connectivity index (χ4n) is 1.91. The maximum Gasteiger partial charge on any atom is 0.269 e. The first-order valence-corrected chi connectivity index (χ1v) is 6.17. The van der Waals surface area contributed by atoms with Crippen molar-refractivity contribution in [2.45, 2.75) is 20.1 Å². The predicted molar refractivity (Wildman–Crippen MR) is 74.5 cm³/mol. The normalized spacial score (nSPS) is 10.3. The SMILES string of the molecule is Cc1cccc(CO)c1OCc1ccc([N+](=O)[O-])cc1. The fourth-order valence-corrected chi connectivity index (χ4v) is 1.91. The summed E-state index contributed by atoms with van der Waals surface area (Å²) in [5.41, 5.74) is 2.56. The number of hydrogen-bond donors (Lipinski definition) is 1. The lowest BCUT2D eigenvalue weighted by Crippen LogP contribution is -2.01. The molecule has 104 valence electrons. The summed E-state index contributed by atoms with van der Waals surface area (Å²) < 4.78 is 5.72. The summed E-state index contributed by atoms with van der Waals surface area (Å²) in [5, 5.41) is 19.8. The molecular formula is C15H15NO4. The molecule has 0 aromatic heterocycles. The van der Waals surface area contributed by atoms with Gasteiger partial charge in [-0.1, -0.05) is 18.2 Å². The zero-order valence-electron chi connectivity index (χ0n) is 11.1. The van der Waals surface area contributed by atoms with Crippen LogP contribution in [0.4, 0.5) is 5.69 Å². The Hall–Kier alpha value is -2.40. The molecule has 0 aliphatic heterocycles. The minimum atomic E-state index is -0.435. The van der Waals surface area contributed by atoms with Crippen molar-refractivity contribution in [2.75, 3.05) is 0 Å². The van der Waals surface area contributed by atoms with Crippen LogP contribution in [0.2, 0.25) is 0 Å². The molecule has 2 rings (SSSR count). The van der Waals surface area contributed by atoms with Gasteiger partial charge in [-0.05, 0) is 30.2 Å². The highest BCUT2D eigenvalue weighted by Crippen LogP contribution is 2.24. The highest BCUT2D eigenvalue weighted by Gasteiger charge is 2.08. The van der Waals surface area contributed by atoms with E-state index in [9.17, 15) is 15.2 Å². The summed E-state index contributed by atoms with van der Waals surface area (Å²) in [6.45, 7) is 2.12. The summed E-state index contributed by atoms with van der Waals surface area (Å²) >= 11 is 0. The largest absolute Gasteiger partial charge is 0.488 e. The van der Waals surface area contributed by atoms with E-state index in [4.69, 9.17) is 4.74 Å². The smallest absolute Gasteiger partial charge is 0.269 e. The number of non-ortho nitro benzene ring substituents is 1. The summed E-state index contributed by atoms with van der Waals surface area (Å²) in [4.78, 5) is 10.1. The van der Waals surface area contributed by atoms with E-state index in [1.54, 1.807) is 18.2 Å². The molecule has 0 spiro atoms. The highest BCUT2D eigenvalue weighted by molar-refractivity contribution is 5.40. The minimum Gasteiger partial charge on any atom is -0.488 e. The van der Waals surface area contributed by atoms with Crippen LogP contribution in [-0.2, 0) is 13.2 Å². The predicted octanol–water partition coefficient (Wildman–Crippen LogP) is 2.97. The first-order chi connectivity index (χ1) is 9.61. The molecule has 20 heavy (non-hydrogen) atoms. The maximum absolute atomic E-state index is 10.6. The molecule has 0 radical (unpaired) electrons. The lowest BCUT2D eigenvalue weighted by molar-refractivity contribution is -0.384. The first-order valence-electron chi connectivity index (χ1n) is 6.17. The number of hydrogen-bond acceptors (Lipinski definition) is 4. The Morgan fingerprint density at radius 3 is 2.50 bits per heavy atom. The third-order valence-corrected chi connectivity index (χ3v) is 2.99. The van der Waals surface area contributed by atoms with E-state index in [-0.39, 0.29) is 12.3 Å². The molecule has 5 heteroatoms. The van der Waals surface area contributed by atoms with Gasteiger partial charge in [-0.15, -0.1) is 0 Å². The van der Waals surface area contributed by atoms with Gasteiger partial charge in [0.25, 0.3) is 5.69 Å². The average Bonchev–Trinajstić information content (AvgIpc) is 2.46. The quantitative estimate of drug-likeness (QED) is 0.671. The number of ether oxygens (including phenoxy) is 1. The molecular weight excluding hydrogens is 258 g/mol. The van der Waals surface area contributed by atoms with Gasteiger partial charge in [-0.3, -0.25) is 10.1 Å². The van der Waals surface area contributed by atoms with Crippen molar-refractivity contribution in [3.63, 3.8) is 0 Å². The minimum absolute atomic E-state index is 0.0562. The van der Waals surface area contributed by atoms with Crippen LogP contribution in [0.5, 0.6) is 5.75 Å². The average molecular weight is 273 g/mol. The number of nitro groups is 1. The number of aliphatic hydroxyl groups is 1. The van der Waals surface area contributed by atoms with Gasteiger partial charge in [0, 0.05) is 17.7 Å². The Labute approximate surface area is 116 Å². The third kappa shape index (κ3) is 3.13. The van der Waals surface area contributed by atoms with E-state index in [0.717, 1.165) is 16.7 Å². The van der Waals surface area contributed by atoms with Crippen molar-refractivity contribution in [2.24, 2.45) is 0 Å². The van der Waals surface area contributed by atoms with E-state index >= 15 is 0 Å². The van der Waals surface area contributed by atoms with Gasteiger partial charge < -0.3 is 9.84 Å². The topological polar surface area (TPSA) is 72.6 Å². The monoisotopic (exact) mass is 273 g/mol. The Kier molecular flexibility index (Phi) is 4.32. The number of rotatable bonds is 5. The molecule has 0 aliphatic carbocycles. The van der Waals surface area contributed by atoms with Crippen LogP contribution >= 0.6 is 0 Å². The second kappa shape index (κ2) is 6.16. The van der Waals surface area contributed by atoms with Crippen LogP contribution in [0.25, 0.3) is 0 Å². The summed E-state index contributed by atoms with van der Waals surface area (Å²) in [5.74, 6) is 0.661. The molecule has 0 saturated heterocycles. The van der Waals surface area contributed by atoms with Crippen molar-refractivity contribution in [3.8, 4) is 5.75 Å². The summed E-state index contributed by atoms with van der Waals surface area (Å²) in [6.07, 6.45) is 0. The van der Waals surface area contributed by atoms with Gasteiger partial charge in [-0.2, -0.15) is 0 Å². The van der Waals surface area contributed by atoms with Gasteiger partial charge in [0.15, 0.2) is 0 Å². The fraction of sp³-hybridized carbons (Fsp3) is 0.200. The first kappa shape index (κ1) is 14.0. The molecule has 0 amide bonds. The zero-order chi connectivity index (χ0) is 14.5. The van der Waals surface area contributed by atoms with Crippen molar-refractivity contribution < 1.29 is 14.8 Å². The van der Waals surface area contributed by atoms with Gasteiger partial charge in [0.2, 0.25) is 0 Å². The van der Waals surface area contributed by atoms with E-state index in [1.807, 2.05) is 19.1 Å². The second-order valence-electron chi connectivity index (χ2n) is 4.43. The molecule has 0 unspecified atom stereocenters. The number of nitrogens with zero attached hydrogens (tertiary/aromatic N) is 1. The van der Waals surface area contributed by atoms with E-state index in [2.05, 4.69) is 0 Å². The molecule has 2 aromatic carbocycles. The molecule has 5 nitrogen and oxygen atoms in total. The molecule has 0 bridgehead atoms. The van der Waals surface area contributed by atoms with E-state index in [1.165, 1.54) is 12.1 Å². The van der Waals surface area contributed by atoms with Crippen LogP contribution in [-0.4, -0.2) is 10.0 Å². The van der Waals surface area contributed by atoms with Gasteiger partial charge >= 0.3 is 0 Å². The van der Waals surface area contributed by atoms with Crippen molar-refractivity contribution >= 4 is 5.69 Å². The van der Waals surface area contributed by atoms with Crippen molar-refractivity contribution in [1.82, 2.24) is 0 Å². The molecule has 1 N–H and O–H groups in total. The van der Waals surface area contributed by atoms with Gasteiger partial charge in [0.1, 0.15) is 12.4 Å². The summed E-state index contributed by atoms with van der Waals surface area (Å²) in [6, 6.07) is 11.8. The number of nitro benzene ring substituents is 1.